The summed E-state index contributed by atoms with van der Waals surface area (Å²) < 4.78 is 0. The summed E-state index contributed by atoms with van der Waals surface area (Å²) in [4.78, 5) is 0. The molecule has 0 unspecified atom stereocenters. The Labute approximate surface area is 121 Å². The second-order valence-electron chi connectivity index (χ2n) is 4.93. The maximum absolute atomic E-state index is 2.23. The van der Waals surface area contributed by atoms with E-state index in [4.69, 9.17) is 0 Å². The fourth-order valence-electron chi connectivity index (χ4n) is 2.70. The molecule has 0 aliphatic heterocycles. The van der Waals surface area contributed by atoms with Gasteiger partial charge in [-0.05, 0) is 0 Å². The molecular formula is C19H17B. The first kappa shape index (κ1) is 12.9. The van der Waals surface area contributed by atoms with Crippen molar-refractivity contribution in [2.45, 2.75) is 13.3 Å². The summed E-state index contributed by atoms with van der Waals surface area (Å²) in [5.74, 6) is 2.16. The van der Waals surface area contributed by atoms with Gasteiger partial charge in [0.15, 0.2) is 0 Å². The molecule has 1 aromatic heterocycles. The zero-order chi connectivity index (χ0) is 13.8. The molecule has 0 aliphatic rings. The van der Waals surface area contributed by atoms with Crippen LogP contribution in [0.5, 0.6) is 0 Å². The van der Waals surface area contributed by atoms with Gasteiger partial charge in [-0.25, -0.2) is 0 Å². The third kappa shape index (κ3) is 2.44. The summed E-state index contributed by atoms with van der Waals surface area (Å²) in [7, 11) is 0. The van der Waals surface area contributed by atoms with E-state index in [-0.39, 0.29) is 0 Å². The van der Waals surface area contributed by atoms with Crippen LogP contribution in [0.25, 0.3) is 22.1 Å². The van der Waals surface area contributed by atoms with Crippen LogP contribution in [0.15, 0.2) is 72.7 Å². The number of rotatable bonds is 3. The quantitative estimate of drug-likeness (QED) is 0.623. The molecule has 0 amide bonds. The molecular weight excluding hydrogens is 239 g/mol. The predicted molar refractivity (Wildman–Crippen MR) is 88.0 cm³/mol. The zero-order valence-corrected chi connectivity index (χ0v) is 11.7. The van der Waals surface area contributed by atoms with Gasteiger partial charge in [0.2, 0.25) is 0 Å². The second-order valence-corrected chi connectivity index (χ2v) is 4.93. The van der Waals surface area contributed by atoms with Crippen LogP contribution in [0.3, 0.4) is 0 Å². The van der Waals surface area contributed by atoms with E-state index >= 15 is 0 Å². The molecule has 96 valence electrons. The van der Waals surface area contributed by atoms with Crippen LogP contribution in [0.1, 0.15) is 12.5 Å². The SMILES string of the molecule is CCc1ccbc(-c2ccccc2)c1-c1ccccc1. The Morgan fingerprint density at radius 2 is 1.35 bits per heavy atom. The van der Waals surface area contributed by atoms with E-state index in [0.717, 1.165) is 6.42 Å². The van der Waals surface area contributed by atoms with Crippen LogP contribution in [0, 0.1) is 0 Å². The van der Waals surface area contributed by atoms with E-state index in [9.17, 15) is 0 Å². The fraction of sp³-hybridized carbons (Fsp3) is 0.105. The average molecular weight is 256 g/mol. The first-order valence-corrected chi connectivity index (χ1v) is 7.13. The van der Waals surface area contributed by atoms with Crippen LogP contribution in [0.4, 0.5) is 0 Å². The minimum absolute atomic E-state index is 1.05. The van der Waals surface area contributed by atoms with E-state index in [1.165, 1.54) is 27.7 Å². The predicted octanol–water partition coefficient (Wildman–Crippen LogP) is 4.92. The number of hydrogen-bond acceptors (Lipinski definition) is 0. The van der Waals surface area contributed by atoms with Gasteiger partial charge in [-0.15, -0.1) is 0 Å². The monoisotopic (exact) mass is 256 g/mol. The molecule has 0 saturated heterocycles. The van der Waals surface area contributed by atoms with Crippen molar-refractivity contribution in [1.29, 1.82) is 0 Å². The molecule has 1 heteroatoms. The molecule has 0 bridgehead atoms. The van der Waals surface area contributed by atoms with Crippen molar-refractivity contribution >= 4 is 6.91 Å². The molecule has 0 radical (unpaired) electrons. The second kappa shape index (κ2) is 5.87. The van der Waals surface area contributed by atoms with Gasteiger partial charge in [0, 0.05) is 0 Å². The standard InChI is InChI=1S/C19H17B/c1-2-15-13-14-20-19(17-11-7-4-8-12-17)18(15)16-9-5-3-6-10-16/h3-14H,2H2,1H3. The van der Waals surface area contributed by atoms with E-state index in [2.05, 4.69) is 86.5 Å². The Morgan fingerprint density at radius 3 is 1.95 bits per heavy atom. The Morgan fingerprint density at radius 1 is 0.750 bits per heavy atom. The minimum atomic E-state index is 1.05. The van der Waals surface area contributed by atoms with E-state index in [0.29, 0.717) is 0 Å². The fourth-order valence-corrected chi connectivity index (χ4v) is 2.70. The molecule has 0 aliphatic carbocycles. The van der Waals surface area contributed by atoms with Gasteiger partial charge in [-0.2, -0.15) is 0 Å². The van der Waals surface area contributed by atoms with Crippen molar-refractivity contribution in [3.05, 3.63) is 78.3 Å². The van der Waals surface area contributed by atoms with Crippen molar-refractivity contribution in [2.75, 3.05) is 0 Å². The molecule has 2 aromatic carbocycles. The Kier molecular flexibility index (Phi) is 3.78. The molecule has 1 heterocycles. The molecule has 3 aromatic rings. The van der Waals surface area contributed by atoms with E-state index in [1.54, 1.807) is 0 Å². The molecule has 20 heavy (non-hydrogen) atoms. The van der Waals surface area contributed by atoms with Gasteiger partial charge in [0.25, 0.3) is 0 Å². The van der Waals surface area contributed by atoms with Crippen molar-refractivity contribution in [3.63, 3.8) is 0 Å². The maximum atomic E-state index is 2.23. The summed E-state index contributed by atoms with van der Waals surface area (Å²) in [5.41, 5.74) is 6.65. The summed E-state index contributed by atoms with van der Waals surface area (Å²) in [5, 5.41) is 0. The summed E-state index contributed by atoms with van der Waals surface area (Å²) in [6.07, 6.45) is 1.05. The van der Waals surface area contributed by atoms with Crippen LogP contribution < -0.4 is 0 Å². The van der Waals surface area contributed by atoms with Gasteiger partial charge in [0.05, 0.1) is 0 Å². The Bertz CT molecular complexity index is 687. The molecule has 0 atom stereocenters. The van der Waals surface area contributed by atoms with Crippen molar-refractivity contribution in [2.24, 2.45) is 0 Å². The van der Waals surface area contributed by atoms with Crippen LogP contribution in [-0.2, 0) is 6.42 Å². The summed E-state index contributed by atoms with van der Waals surface area (Å²) in [6, 6.07) is 23.5. The Balaban J connectivity index is 2.26. The van der Waals surface area contributed by atoms with Gasteiger partial charge in [-0.3, -0.25) is 0 Å². The normalized spacial score (nSPS) is 10.2. The van der Waals surface area contributed by atoms with Gasteiger partial charge < -0.3 is 0 Å². The van der Waals surface area contributed by atoms with Crippen LogP contribution in [-0.4, -0.2) is 6.91 Å². The van der Waals surface area contributed by atoms with Crippen molar-refractivity contribution in [3.8, 4) is 22.1 Å². The molecule has 0 nitrogen and oxygen atoms in total. The molecule has 0 spiro atoms. The van der Waals surface area contributed by atoms with Gasteiger partial charge in [0.1, 0.15) is 0 Å². The van der Waals surface area contributed by atoms with Gasteiger partial charge >= 0.3 is 121 Å². The third-order valence-electron chi connectivity index (χ3n) is 3.68. The first-order chi connectivity index (χ1) is 9.90. The van der Waals surface area contributed by atoms with Crippen molar-refractivity contribution < 1.29 is 0 Å². The van der Waals surface area contributed by atoms with Crippen LogP contribution >= 0.6 is 0 Å². The molecule has 0 N–H and O–H groups in total. The first-order valence-electron chi connectivity index (χ1n) is 7.13. The topological polar surface area (TPSA) is 0 Å². The van der Waals surface area contributed by atoms with E-state index < -0.39 is 0 Å². The number of hydrogen-bond donors (Lipinski definition) is 0. The number of aryl methyl sites for hydroxylation is 1. The molecule has 0 saturated carbocycles. The molecule has 0 fully saturated rings. The molecule has 3 rings (SSSR count). The van der Waals surface area contributed by atoms with E-state index in [1.807, 2.05) is 0 Å². The average Bonchev–Trinajstić information content (AvgIpc) is 2.55. The van der Waals surface area contributed by atoms with Crippen LogP contribution in [0.2, 0.25) is 0 Å². The van der Waals surface area contributed by atoms with Crippen molar-refractivity contribution in [1.82, 2.24) is 0 Å². The zero-order valence-electron chi connectivity index (χ0n) is 11.7. The summed E-state index contributed by atoms with van der Waals surface area (Å²) in [6.45, 7) is 4.44. The number of benzene rings is 2. The van der Waals surface area contributed by atoms with Gasteiger partial charge in [-0.1, -0.05) is 0 Å². The Hall–Kier alpha value is -2.15. The third-order valence-corrected chi connectivity index (χ3v) is 3.68. The summed E-state index contributed by atoms with van der Waals surface area (Å²) >= 11 is 0.